The molecule has 4 nitrogen and oxygen atoms in total. The van der Waals surface area contributed by atoms with Gasteiger partial charge in [-0.3, -0.25) is 9.78 Å². The van der Waals surface area contributed by atoms with Crippen molar-refractivity contribution in [2.45, 2.75) is 13.3 Å². The van der Waals surface area contributed by atoms with Crippen LogP contribution < -0.4 is 0 Å². The minimum absolute atomic E-state index is 0.229. The fraction of sp³-hybridized carbons (Fsp3) is 0.200. The normalized spacial score (nSPS) is 11.0. The lowest BCUT2D eigenvalue weighted by molar-refractivity contribution is -0.142. The summed E-state index contributed by atoms with van der Waals surface area (Å²) in [5, 5.41) is 1.97. The van der Waals surface area contributed by atoms with E-state index in [0.717, 1.165) is 27.4 Å². The lowest BCUT2D eigenvalue weighted by atomic mass is 10.1. The summed E-state index contributed by atoms with van der Waals surface area (Å²) >= 11 is 0. The van der Waals surface area contributed by atoms with Gasteiger partial charge in [-0.25, -0.2) is 0 Å². The number of esters is 1. The Labute approximate surface area is 110 Å². The van der Waals surface area contributed by atoms with Crippen molar-refractivity contribution in [1.82, 2.24) is 4.98 Å². The summed E-state index contributed by atoms with van der Waals surface area (Å²) in [4.78, 5) is 15.8. The lowest BCUT2D eigenvalue weighted by Crippen LogP contribution is -2.06. The van der Waals surface area contributed by atoms with Gasteiger partial charge in [0.05, 0.1) is 24.8 Å². The van der Waals surface area contributed by atoms with Crippen LogP contribution in [0.2, 0.25) is 0 Å². The highest BCUT2D eigenvalue weighted by molar-refractivity contribution is 5.96. The van der Waals surface area contributed by atoms with Crippen molar-refractivity contribution in [2.75, 3.05) is 6.61 Å². The quantitative estimate of drug-likeness (QED) is 0.675. The lowest BCUT2D eigenvalue weighted by Gasteiger charge is -2.00. The number of carbonyl (C=O) groups is 1. The van der Waals surface area contributed by atoms with Crippen LogP contribution in [0.25, 0.3) is 21.9 Å². The van der Waals surface area contributed by atoms with Crippen molar-refractivity contribution in [3.05, 3.63) is 42.3 Å². The number of pyridine rings is 1. The molecule has 0 aliphatic carbocycles. The molecule has 96 valence electrons. The first-order chi connectivity index (χ1) is 9.28. The van der Waals surface area contributed by atoms with Crippen molar-refractivity contribution in [3.63, 3.8) is 0 Å². The van der Waals surface area contributed by atoms with E-state index in [2.05, 4.69) is 4.98 Å². The van der Waals surface area contributed by atoms with Crippen molar-refractivity contribution < 1.29 is 13.9 Å². The number of fused-ring (bicyclic) bond motifs is 2. The molecule has 0 saturated carbocycles. The van der Waals surface area contributed by atoms with E-state index in [1.807, 2.05) is 24.3 Å². The summed E-state index contributed by atoms with van der Waals surface area (Å²) < 4.78 is 10.4. The van der Waals surface area contributed by atoms with Crippen molar-refractivity contribution in [2.24, 2.45) is 0 Å². The highest BCUT2D eigenvalue weighted by Crippen LogP contribution is 2.26. The maximum Gasteiger partial charge on any atom is 0.310 e. The molecule has 2 aromatic heterocycles. The molecular weight excluding hydrogens is 242 g/mol. The molecule has 1 aromatic carbocycles. The van der Waals surface area contributed by atoms with Crippen LogP contribution in [0, 0.1) is 0 Å². The fourth-order valence-corrected chi connectivity index (χ4v) is 2.15. The Hall–Kier alpha value is -2.36. The van der Waals surface area contributed by atoms with E-state index in [4.69, 9.17) is 9.15 Å². The third-order valence-electron chi connectivity index (χ3n) is 3.02. The number of ether oxygens (including phenoxy) is 1. The van der Waals surface area contributed by atoms with Crippen LogP contribution in [0.4, 0.5) is 0 Å². The first-order valence-electron chi connectivity index (χ1n) is 6.18. The van der Waals surface area contributed by atoms with E-state index in [-0.39, 0.29) is 12.4 Å². The van der Waals surface area contributed by atoms with Crippen LogP contribution >= 0.6 is 0 Å². The van der Waals surface area contributed by atoms with Gasteiger partial charge < -0.3 is 9.15 Å². The smallest absolute Gasteiger partial charge is 0.310 e. The summed E-state index contributed by atoms with van der Waals surface area (Å²) in [5.74, 6) is -0.239. The Balaban J connectivity index is 2.06. The Morgan fingerprint density at radius 1 is 1.42 bits per heavy atom. The predicted molar refractivity (Wildman–Crippen MR) is 71.9 cm³/mol. The average molecular weight is 255 g/mol. The van der Waals surface area contributed by atoms with E-state index in [9.17, 15) is 4.79 Å². The maximum atomic E-state index is 11.5. The van der Waals surface area contributed by atoms with Crippen molar-refractivity contribution in [3.8, 4) is 0 Å². The largest absolute Gasteiger partial charge is 0.466 e. The van der Waals surface area contributed by atoms with E-state index in [1.54, 1.807) is 19.4 Å². The number of aromatic nitrogens is 1. The zero-order chi connectivity index (χ0) is 13.2. The summed E-state index contributed by atoms with van der Waals surface area (Å²) in [7, 11) is 0. The third kappa shape index (κ3) is 2.17. The van der Waals surface area contributed by atoms with Gasteiger partial charge in [0, 0.05) is 28.6 Å². The molecule has 0 amide bonds. The molecule has 0 aliphatic rings. The van der Waals surface area contributed by atoms with Gasteiger partial charge in [-0.1, -0.05) is 6.07 Å². The van der Waals surface area contributed by atoms with Crippen LogP contribution in [0.1, 0.15) is 12.5 Å². The molecule has 0 atom stereocenters. The van der Waals surface area contributed by atoms with Crippen LogP contribution in [0.15, 0.2) is 41.1 Å². The molecule has 0 spiro atoms. The summed E-state index contributed by atoms with van der Waals surface area (Å²) in [6.07, 6.45) is 3.59. The van der Waals surface area contributed by atoms with Gasteiger partial charge in [0.25, 0.3) is 0 Å². The summed E-state index contributed by atoms with van der Waals surface area (Å²) in [6.45, 7) is 2.19. The molecular formula is C15H13NO3. The number of nitrogens with zero attached hydrogens (tertiary/aromatic N) is 1. The molecule has 0 bridgehead atoms. The van der Waals surface area contributed by atoms with Crippen LogP contribution in [0.5, 0.6) is 0 Å². The molecule has 19 heavy (non-hydrogen) atoms. The highest BCUT2D eigenvalue weighted by Gasteiger charge is 2.12. The standard InChI is InChI=1S/C15H13NO3/c1-2-18-15(17)7-11-9-19-14-8-13-10(6-12(11)14)4-3-5-16-13/h3-6,8-9H,2,7H2,1H3. The highest BCUT2D eigenvalue weighted by atomic mass is 16.5. The second-order valence-electron chi connectivity index (χ2n) is 4.29. The predicted octanol–water partition coefficient (Wildman–Crippen LogP) is 3.09. The number of benzene rings is 1. The number of hydrogen-bond donors (Lipinski definition) is 0. The first kappa shape index (κ1) is 11.7. The zero-order valence-electron chi connectivity index (χ0n) is 10.6. The zero-order valence-corrected chi connectivity index (χ0v) is 10.6. The minimum Gasteiger partial charge on any atom is -0.466 e. The van der Waals surface area contributed by atoms with Gasteiger partial charge in [-0.15, -0.1) is 0 Å². The SMILES string of the molecule is CCOC(=O)Cc1coc2cc3ncccc3cc12. The molecule has 0 N–H and O–H groups in total. The van der Waals surface area contributed by atoms with Crippen molar-refractivity contribution in [1.29, 1.82) is 0 Å². The van der Waals surface area contributed by atoms with Crippen LogP contribution in [-0.2, 0) is 16.0 Å². The summed E-state index contributed by atoms with van der Waals surface area (Å²) in [5.41, 5.74) is 2.47. The van der Waals surface area contributed by atoms with E-state index < -0.39 is 0 Å². The topological polar surface area (TPSA) is 52.3 Å². The Morgan fingerprint density at radius 2 is 2.32 bits per heavy atom. The second kappa shape index (κ2) is 4.72. The van der Waals surface area contributed by atoms with E-state index in [1.165, 1.54) is 0 Å². The molecule has 3 aromatic rings. The third-order valence-corrected chi connectivity index (χ3v) is 3.02. The van der Waals surface area contributed by atoms with Gasteiger partial charge in [-0.05, 0) is 19.1 Å². The first-order valence-corrected chi connectivity index (χ1v) is 6.18. The molecule has 2 heterocycles. The van der Waals surface area contributed by atoms with Gasteiger partial charge in [-0.2, -0.15) is 0 Å². The number of rotatable bonds is 3. The number of hydrogen-bond acceptors (Lipinski definition) is 4. The molecule has 0 fully saturated rings. The number of carbonyl (C=O) groups excluding carboxylic acids is 1. The monoisotopic (exact) mass is 255 g/mol. The van der Waals surface area contributed by atoms with Crippen LogP contribution in [0.3, 0.4) is 0 Å². The second-order valence-corrected chi connectivity index (χ2v) is 4.29. The van der Waals surface area contributed by atoms with Gasteiger partial charge in [0.15, 0.2) is 0 Å². The fourth-order valence-electron chi connectivity index (χ4n) is 2.15. The van der Waals surface area contributed by atoms with Gasteiger partial charge >= 0.3 is 5.97 Å². The molecule has 0 radical (unpaired) electrons. The van der Waals surface area contributed by atoms with E-state index >= 15 is 0 Å². The van der Waals surface area contributed by atoms with Gasteiger partial charge in [0.1, 0.15) is 5.58 Å². The molecule has 3 rings (SSSR count). The number of furan rings is 1. The molecule has 0 saturated heterocycles. The van der Waals surface area contributed by atoms with E-state index in [0.29, 0.717) is 6.61 Å². The molecule has 0 unspecified atom stereocenters. The Kier molecular flexibility index (Phi) is 2.91. The summed E-state index contributed by atoms with van der Waals surface area (Å²) in [6, 6.07) is 7.76. The van der Waals surface area contributed by atoms with Gasteiger partial charge in [0.2, 0.25) is 0 Å². The average Bonchev–Trinajstić information content (AvgIpc) is 2.79. The minimum atomic E-state index is -0.239. The Bertz CT molecular complexity index is 745. The molecule has 4 heteroatoms. The van der Waals surface area contributed by atoms with Crippen molar-refractivity contribution >= 4 is 27.8 Å². The van der Waals surface area contributed by atoms with Crippen LogP contribution in [-0.4, -0.2) is 17.6 Å². The Morgan fingerprint density at radius 3 is 3.16 bits per heavy atom. The maximum absolute atomic E-state index is 11.5. The molecule has 0 aliphatic heterocycles.